The van der Waals surface area contributed by atoms with Crippen LogP contribution in [0.5, 0.6) is 0 Å². The standard InChI is InChI=1S/C10H12N2O2/c13-10(8-2-1-5-14-6-8)9-3-4-11-7-12-9/h3-4,6-7,10,13H,1-2,5H2. The van der Waals surface area contributed by atoms with E-state index >= 15 is 0 Å². The maximum Gasteiger partial charge on any atom is 0.120 e. The van der Waals surface area contributed by atoms with Gasteiger partial charge in [-0.25, -0.2) is 9.97 Å². The molecule has 14 heavy (non-hydrogen) atoms. The molecule has 0 radical (unpaired) electrons. The van der Waals surface area contributed by atoms with Gasteiger partial charge in [-0.15, -0.1) is 0 Å². The van der Waals surface area contributed by atoms with Gasteiger partial charge >= 0.3 is 0 Å². The van der Waals surface area contributed by atoms with Gasteiger partial charge in [0.05, 0.1) is 18.6 Å². The first kappa shape index (κ1) is 9.15. The summed E-state index contributed by atoms with van der Waals surface area (Å²) in [4.78, 5) is 7.80. The van der Waals surface area contributed by atoms with Gasteiger partial charge in [-0.05, 0) is 24.5 Å². The Bertz CT molecular complexity index is 324. The Morgan fingerprint density at radius 3 is 3.07 bits per heavy atom. The van der Waals surface area contributed by atoms with Crippen molar-refractivity contribution >= 4 is 0 Å². The molecule has 2 heterocycles. The van der Waals surface area contributed by atoms with E-state index in [-0.39, 0.29) is 0 Å². The highest BCUT2D eigenvalue weighted by Crippen LogP contribution is 2.25. The zero-order valence-corrected chi connectivity index (χ0v) is 7.76. The molecule has 1 aliphatic heterocycles. The smallest absolute Gasteiger partial charge is 0.120 e. The molecule has 1 aromatic heterocycles. The molecule has 0 aliphatic carbocycles. The summed E-state index contributed by atoms with van der Waals surface area (Å²) in [6.07, 6.45) is 5.85. The van der Waals surface area contributed by atoms with Crippen LogP contribution < -0.4 is 0 Å². The quantitative estimate of drug-likeness (QED) is 0.765. The van der Waals surface area contributed by atoms with E-state index in [0.717, 1.165) is 25.0 Å². The van der Waals surface area contributed by atoms with Crippen LogP contribution in [0.3, 0.4) is 0 Å². The molecule has 1 aromatic rings. The summed E-state index contributed by atoms with van der Waals surface area (Å²) >= 11 is 0. The first-order valence-electron chi connectivity index (χ1n) is 4.62. The van der Waals surface area contributed by atoms with E-state index in [9.17, 15) is 5.11 Å². The second-order valence-electron chi connectivity index (χ2n) is 3.20. The van der Waals surface area contributed by atoms with Crippen molar-refractivity contribution in [2.45, 2.75) is 18.9 Å². The first-order valence-corrected chi connectivity index (χ1v) is 4.62. The highest BCUT2D eigenvalue weighted by atomic mass is 16.5. The summed E-state index contributed by atoms with van der Waals surface area (Å²) in [5.41, 5.74) is 1.51. The lowest BCUT2D eigenvalue weighted by atomic mass is 10.0. The molecule has 0 amide bonds. The summed E-state index contributed by atoms with van der Waals surface area (Å²) in [6, 6.07) is 1.71. The van der Waals surface area contributed by atoms with Crippen molar-refractivity contribution in [1.82, 2.24) is 9.97 Å². The van der Waals surface area contributed by atoms with E-state index in [1.807, 2.05) is 0 Å². The molecule has 1 atom stereocenters. The Hall–Kier alpha value is -1.42. The highest BCUT2D eigenvalue weighted by molar-refractivity contribution is 5.17. The van der Waals surface area contributed by atoms with Gasteiger partial charge < -0.3 is 9.84 Å². The fraction of sp³-hybridized carbons (Fsp3) is 0.400. The van der Waals surface area contributed by atoms with E-state index in [1.165, 1.54) is 6.33 Å². The molecule has 1 unspecified atom stereocenters. The molecule has 0 aromatic carbocycles. The maximum absolute atomic E-state index is 9.91. The van der Waals surface area contributed by atoms with Gasteiger partial charge in [0.2, 0.25) is 0 Å². The predicted molar refractivity (Wildman–Crippen MR) is 50.3 cm³/mol. The normalized spacial score (nSPS) is 18.2. The number of aliphatic hydroxyl groups excluding tert-OH is 1. The minimum atomic E-state index is -0.654. The van der Waals surface area contributed by atoms with Crippen molar-refractivity contribution in [3.05, 3.63) is 36.1 Å². The summed E-state index contributed by atoms with van der Waals surface area (Å²) in [5.74, 6) is 0. The molecular weight excluding hydrogens is 180 g/mol. The minimum absolute atomic E-state index is 0.622. The van der Waals surface area contributed by atoms with Crippen molar-refractivity contribution in [3.8, 4) is 0 Å². The van der Waals surface area contributed by atoms with Gasteiger partial charge in [-0.1, -0.05) is 0 Å². The van der Waals surface area contributed by atoms with Gasteiger partial charge in [0, 0.05) is 6.20 Å². The lowest BCUT2D eigenvalue weighted by Crippen LogP contribution is -2.09. The van der Waals surface area contributed by atoms with Gasteiger partial charge in [0.1, 0.15) is 12.4 Å². The largest absolute Gasteiger partial charge is 0.501 e. The number of nitrogens with zero attached hydrogens (tertiary/aromatic N) is 2. The molecule has 0 saturated heterocycles. The fourth-order valence-corrected chi connectivity index (χ4v) is 1.44. The summed E-state index contributed by atoms with van der Waals surface area (Å²) in [5, 5.41) is 9.91. The topological polar surface area (TPSA) is 55.2 Å². The monoisotopic (exact) mass is 192 g/mol. The van der Waals surface area contributed by atoms with Crippen LogP contribution in [0.2, 0.25) is 0 Å². The van der Waals surface area contributed by atoms with Gasteiger partial charge in [0.15, 0.2) is 0 Å². The molecular formula is C10H12N2O2. The minimum Gasteiger partial charge on any atom is -0.501 e. The van der Waals surface area contributed by atoms with Crippen molar-refractivity contribution in [2.24, 2.45) is 0 Å². The summed E-state index contributed by atoms with van der Waals surface area (Å²) in [7, 11) is 0. The molecule has 1 N–H and O–H groups in total. The second kappa shape index (κ2) is 4.19. The van der Waals surface area contributed by atoms with Crippen LogP contribution in [-0.2, 0) is 4.74 Å². The molecule has 1 aliphatic rings. The second-order valence-corrected chi connectivity index (χ2v) is 3.20. The first-order chi connectivity index (χ1) is 6.88. The third-order valence-corrected chi connectivity index (χ3v) is 2.20. The molecule has 4 heteroatoms. The Morgan fingerprint density at radius 1 is 1.50 bits per heavy atom. The van der Waals surface area contributed by atoms with Gasteiger partial charge in [-0.2, -0.15) is 0 Å². The molecule has 0 spiro atoms. The van der Waals surface area contributed by atoms with Crippen LogP contribution in [0.15, 0.2) is 30.4 Å². The van der Waals surface area contributed by atoms with Gasteiger partial charge in [-0.3, -0.25) is 0 Å². The summed E-state index contributed by atoms with van der Waals surface area (Å²) < 4.78 is 5.16. The Morgan fingerprint density at radius 2 is 2.43 bits per heavy atom. The molecule has 2 rings (SSSR count). The van der Waals surface area contributed by atoms with Crippen LogP contribution in [0.4, 0.5) is 0 Å². The molecule has 74 valence electrons. The van der Waals surface area contributed by atoms with Crippen LogP contribution in [-0.4, -0.2) is 21.7 Å². The zero-order valence-electron chi connectivity index (χ0n) is 7.76. The molecule has 0 bridgehead atoms. The average molecular weight is 192 g/mol. The number of aliphatic hydroxyl groups is 1. The summed E-state index contributed by atoms with van der Waals surface area (Å²) in [6.45, 7) is 0.736. The Labute approximate surface area is 82.3 Å². The van der Waals surface area contributed by atoms with Crippen molar-refractivity contribution in [1.29, 1.82) is 0 Å². The number of aromatic nitrogens is 2. The number of hydrogen-bond donors (Lipinski definition) is 1. The third kappa shape index (κ3) is 1.90. The van der Waals surface area contributed by atoms with Crippen molar-refractivity contribution in [3.63, 3.8) is 0 Å². The van der Waals surface area contributed by atoms with Crippen LogP contribution in [0, 0.1) is 0 Å². The van der Waals surface area contributed by atoms with Crippen molar-refractivity contribution in [2.75, 3.05) is 6.61 Å². The average Bonchev–Trinajstić information content (AvgIpc) is 2.30. The highest BCUT2D eigenvalue weighted by Gasteiger charge is 2.16. The fourth-order valence-electron chi connectivity index (χ4n) is 1.44. The van der Waals surface area contributed by atoms with E-state index < -0.39 is 6.10 Å². The maximum atomic E-state index is 9.91. The van der Waals surface area contributed by atoms with Crippen molar-refractivity contribution < 1.29 is 9.84 Å². The lowest BCUT2D eigenvalue weighted by Gasteiger charge is -2.18. The third-order valence-electron chi connectivity index (χ3n) is 2.20. The number of ether oxygens (including phenoxy) is 1. The number of hydrogen-bond acceptors (Lipinski definition) is 4. The molecule has 0 saturated carbocycles. The SMILES string of the molecule is OC(C1=COCCC1)c1ccncn1. The van der Waals surface area contributed by atoms with E-state index in [0.29, 0.717) is 5.69 Å². The van der Waals surface area contributed by atoms with E-state index in [2.05, 4.69) is 9.97 Å². The van der Waals surface area contributed by atoms with Crippen LogP contribution in [0.25, 0.3) is 0 Å². The number of rotatable bonds is 2. The zero-order chi connectivity index (χ0) is 9.80. The van der Waals surface area contributed by atoms with E-state index in [4.69, 9.17) is 4.74 Å². The predicted octanol–water partition coefficient (Wildman–Crippen LogP) is 1.20. The lowest BCUT2D eigenvalue weighted by molar-refractivity contribution is 0.167. The van der Waals surface area contributed by atoms with E-state index in [1.54, 1.807) is 18.5 Å². The molecule has 4 nitrogen and oxygen atoms in total. The van der Waals surface area contributed by atoms with Gasteiger partial charge in [0.25, 0.3) is 0 Å². The van der Waals surface area contributed by atoms with Crippen LogP contribution in [0.1, 0.15) is 24.6 Å². The Balaban J connectivity index is 2.15. The van der Waals surface area contributed by atoms with Crippen LogP contribution >= 0.6 is 0 Å². The molecule has 0 fully saturated rings. The Kier molecular flexibility index (Phi) is 2.74.